The summed E-state index contributed by atoms with van der Waals surface area (Å²) in [5.74, 6) is 1.32. The van der Waals surface area contributed by atoms with Crippen LogP contribution in [0, 0.1) is 5.92 Å². The largest absolute Gasteiger partial charge is 0.494 e. The van der Waals surface area contributed by atoms with Gasteiger partial charge in [-0.3, -0.25) is 4.90 Å². The molecular weight excluding hydrogens is 384 g/mol. The third kappa shape index (κ3) is 5.13. The Labute approximate surface area is 179 Å². The number of likely N-dealkylation sites (tertiary alicyclic amines) is 1. The summed E-state index contributed by atoms with van der Waals surface area (Å²) in [6.07, 6.45) is 0.955. The summed E-state index contributed by atoms with van der Waals surface area (Å²) in [4.78, 5) is 2.44. The van der Waals surface area contributed by atoms with E-state index in [0.717, 1.165) is 36.8 Å². The molecule has 1 fully saturated rings. The highest BCUT2D eigenvalue weighted by Gasteiger charge is 2.47. The van der Waals surface area contributed by atoms with E-state index in [9.17, 15) is 5.11 Å². The Morgan fingerprint density at radius 3 is 2.62 bits per heavy atom. The predicted molar refractivity (Wildman–Crippen MR) is 119 cm³/mol. The summed E-state index contributed by atoms with van der Waals surface area (Å²) in [7, 11) is 0. The molecule has 158 valence electrons. The zero-order chi connectivity index (χ0) is 20.9. The first kappa shape index (κ1) is 22.1. The highest BCUT2D eigenvalue weighted by molar-refractivity contribution is 6.30. The minimum atomic E-state index is -0.208. The minimum Gasteiger partial charge on any atom is -0.494 e. The van der Waals surface area contributed by atoms with E-state index in [-0.39, 0.29) is 18.2 Å². The molecule has 5 heteroatoms. The van der Waals surface area contributed by atoms with E-state index in [0.29, 0.717) is 12.5 Å². The van der Waals surface area contributed by atoms with Gasteiger partial charge in [0.05, 0.1) is 13.2 Å². The highest BCUT2D eigenvalue weighted by atomic mass is 35.5. The van der Waals surface area contributed by atoms with Gasteiger partial charge in [-0.05, 0) is 68.1 Å². The van der Waals surface area contributed by atoms with Crippen molar-refractivity contribution in [3.8, 4) is 5.75 Å². The number of nitrogens with one attached hydrogen (secondary N) is 1. The van der Waals surface area contributed by atoms with E-state index in [1.54, 1.807) is 0 Å². The molecule has 3 rings (SSSR count). The molecular formula is C24H33ClN2O2. The van der Waals surface area contributed by atoms with Gasteiger partial charge in [0, 0.05) is 29.7 Å². The SMILES string of the molecule is CCOc1cccc(CNC[C@H]2C[C@@](C)(CO)N(CC)[C@H]2c2ccc(Cl)cc2)c1. The summed E-state index contributed by atoms with van der Waals surface area (Å²) in [5.41, 5.74) is 2.27. The lowest BCUT2D eigenvalue weighted by Gasteiger charge is -2.37. The zero-order valence-electron chi connectivity index (χ0n) is 17.7. The molecule has 0 unspecified atom stereocenters. The molecule has 0 spiro atoms. The summed E-state index contributed by atoms with van der Waals surface area (Å²) in [6, 6.07) is 16.7. The number of likely N-dealkylation sites (N-methyl/N-ethyl adjacent to an activating group) is 1. The zero-order valence-corrected chi connectivity index (χ0v) is 18.5. The van der Waals surface area contributed by atoms with Crippen LogP contribution in [0.4, 0.5) is 0 Å². The first-order chi connectivity index (χ1) is 14.0. The molecule has 0 bridgehead atoms. The molecule has 1 heterocycles. The monoisotopic (exact) mass is 416 g/mol. The highest BCUT2D eigenvalue weighted by Crippen LogP contribution is 2.46. The second-order valence-electron chi connectivity index (χ2n) is 8.11. The Balaban J connectivity index is 1.73. The Kier molecular flexibility index (Phi) is 7.58. The van der Waals surface area contributed by atoms with Crippen LogP contribution in [0.15, 0.2) is 48.5 Å². The molecule has 0 amide bonds. The number of nitrogens with zero attached hydrogens (tertiary/aromatic N) is 1. The van der Waals surface area contributed by atoms with Crippen molar-refractivity contribution in [1.82, 2.24) is 10.2 Å². The van der Waals surface area contributed by atoms with Gasteiger partial charge in [-0.15, -0.1) is 0 Å². The molecule has 29 heavy (non-hydrogen) atoms. The lowest BCUT2D eigenvalue weighted by molar-refractivity contribution is 0.0579. The Hall–Kier alpha value is -1.59. The van der Waals surface area contributed by atoms with Gasteiger partial charge >= 0.3 is 0 Å². The van der Waals surface area contributed by atoms with Crippen LogP contribution in [-0.2, 0) is 6.54 Å². The van der Waals surface area contributed by atoms with Crippen LogP contribution >= 0.6 is 11.6 Å². The van der Waals surface area contributed by atoms with Crippen molar-refractivity contribution < 1.29 is 9.84 Å². The maximum absolute atomic E-state index is 10.1. The molecule has 0 aromatic heterocycles. The van der Waals surface area contributed by atoms with Crippen molar-refractivity contribution in [2.75, 3.05) is 26.3 Å². The molecule has 2 N–H and O–H groups in total. The van der Waals surface area contributed by atoms with Gasteiger partial charge in [0.2, 0.25) is 0 Å². The summed E-state index contributed by atoms with van der Waals surface area (Å²) < 4.78 is 5.61. The molecule has 1 aliphatic heterocycles. The molecule has 1 saturated heterocycles. The number of halogens is 1. The molecule has 2 aromatic carbocycles. The number of rotatable bonds is 9. The first-order valence-electron chi connectivity index (χ1n) is 10.6. The van der Waals surface area contributed by atoms with Crippen LogP contribution in [0.25, 0.3) is 0 Å². The van der Waals surface area contributed by atoms with Crippen LogP contribution in [-0.4, -0.2) is 41.8 Å². The Bertz CT molecular complexity index is 783. The van der Waals surface area contributed by atoms with E-state index in [2.05, 4.69) is 48.3 Å². The molecule has 1 aliphatic rings. The second-order valence-corrected chi connectivity index (χ2v) is 8.55. The third-order valence-corrected chi connectivity index (χ3v) is 6.27. The van der Waals surface area contributed by atoms with E-state index in [1.807, 2.05) is 31.2 Å². The topological polar surface area (TPSA) is 44.7 Å². The standard InChI is InChI=1S/C24H33ClN2O2/c1-4-27-23(19-9-11-21(25)12-10-19)20(14-24(27,3)17-28)16-26-15-18-7-6-8-22(13-18)29-5-2/h6-13,20,23,26,28H,4-5,14-17H2,1-3H3/t20-,23+,24+/m1/s1. The van der Waals surface area contributed by atoms with E-state index < -0.39 is 0 Å². The number of aliphatic hydroxyl groups is 1. The lowest BCUT2D eigenvalue weighted by atomic mass is 9.90. The van der Waals surface area contributed by atoms with Crippen molar-refractivity contribution in [2.24, 2.45) is 5.92 Å². The quantitative estimate of drug-likeness (QED) is 0.623. The normalized spacial score (nSPS) is 24.7. The first-order valence-corrected chi connectivity index (χ1v) is 10.9. The summed E-state index contributed by atoms with van der Waals surface area (Å²) in [5, 5.41) is 14.5. The van der Waals surface area contributed by atoms with Crippen molar-refractivity contribution in [3.63, 3.8) is 0 Å². The smallest absolute Gasteiger partial charge is 0.119 e. The predicted octanol–water partition coefficient (Wildman–Crippen LogP) is 4.66. The van der Waals surface area contributed by atoms with Crippen molar-refractivity contribution in [3.05, 3.63) is 64.7 Å². The number of hydrogen-bond donors (Lipinski definition) is 2. The average Bonchev–Trinajstić information content (AvgIpc) is 3.01. The second kappa shape index (κ2) is 9.94. The molecule has 2 aromatic rings. The average molecular weight is 417 g/mol. The fourth-order valence-electron chi connectivity index (χ4n) is 4.73. The van der Waals surface area contributed by atoms with Crippen LogP contribution < -0.4 is 10.1 Å². The summed E-state index contributed by atoms with van der Waals surface area (Å²) >= 11 is 6.12. The Morgan fingerprint density at radius 1 is 1.21 bits per heavy atom. The molecule has 0 radical (unpaired) electrons. The van der Waals surface area contributed by atoms with Gasteiger partial charge in [-0.25, -0.2) is 0 Å². The van der Waals surface area contributed by atoms with Crippen molar-refractivity contribution in [2.45, 2.75) is 45.3 Å². The van der Waals surface area contributed by atoms with E-state index >= 15 is 0 Å². The van der Waals surface area contributed by atoms with Gasteiger partial charge in [0.1, 0.15) is 5.75 Å². The van der Waals surface area contributed by atoms with Gasteiger partial charge in [0.25, 0.3) is 0 Å². The summed E-state index contributed by atoms with van der Waals surface area (Å²) in [6.45, 7) is 9.77. The number of aliphatic hydroxyl groups excluding tert-OH is 1. The van der Waals surface area contributed by atoms with Gasteiger partial charge in [0.15, 0.2) is 0 Å². The van der Waals surface area contributed by atoms with Crippen LogP contribution in [0.1, 0.15) is 44.4 Å². The Morgan fingerprint density at radius 2 is 1.97 bits per heavy atom. The van der Waals surface area contributed by atoms with Crippen molar-refractivity contribution >= 4 is 11.6 Å². The maximum atomic E-state index is 10.1. The van der Waals surface area contributed by atoms with Crippen molar-refractivity contribution in [1.29, 1.82) is 0 Å². The van der Waals surface area contributed by atoms with E-state index in [4.69, 9.17) is 16.3 Å². The fourth-order valence-corrected chi connectivity index (χ4v) is 4.85. The molecule has 3 atom stereocenters. The van der Waals surface area contributed by atoms with Gasteiger partial charge in [-0.1, -0.05) is 42.8 Å². The third-order valence-electron chi connectivity index (χ3n) is 6.02. The van der Waals surface area contributed by atoms with Gasteiger partial charge < -0.3 is 15.2 Å². The van der Waals surface area contributed by atoms with Crippen LogP contribution in [0.3, 0.4) is 0 Å². The number of hydrogen-bond acceptors (Lipinski definition) is 4. The maximum Gasteiger partial charge on any atom is 0.119 e. The number of ether oxygens (including phenoxy) is 1. The van der Waals surface area contributed by atoms with E-state index in [1.165, 1.54) is 11.1 Å². The minimum absolute atomic E-state index is 0.165. The molecule has 0 aliphatic carbocycles. The number of benzene rings is 2. The molecule has 0 saturated carbocycles. The van der Waals surface area contributed by atoms with Crippen LogP contribution in [0.5, 0.6) is 5.75 Å². The van der Waals surface area contributed by atoms with Gasteiger partial charge in [-0.2, -0.15) is 0 Å². The lowest BCUT2D eigenvalue weighted by Crippen LogP contribution is -2.45. The molecule has 4 nitrogen and oxygen atoms in total. The fraction of sp³-hybridized carbons (Fsp3) is 0.500. The van der Waals surface area contributed by atoms with Crippen LogP contribution in [0.2, 0.25) is 5.02 Å².